The molecule has 5 rings (SSSR count). The normalized spacial score (nSPS) is 15.7. The first kappa shape index (κ1) is 20.2. The van der Waals surface area contributed by atoms with Gasteiger partial charge in [0, 0.05) is 31.7 Å². The minimum absolute atomic E-state index is 0.0174. The van der Waals surface area contributed by atoms with Crippen LogP contribution in [0.2, 0.25) is 0 Å². The summed E-state index contributed by atoms with van der Waals surface area (Å²) < 4.78 is 5.52. The Labute approximate surface area is 185 Å². The Kier molecular flexibility index (Phi) is 5.33. The van der Waals surface area contributed by atoms with Gasteiger partial charge in [-0.15, -0.1) is 0 Å². The number of amides is 1. The molecule has 1 saturated heterocycles. The number of benzene rings is 3. The number of aromatic hydroxyl groups is 1. The quantitative estimate of drug-likeness (QED) is 0.527. The summed E-state index contributed by atoms with van der Waals surface area (Å²) in [6.45, 7) is 4.54. The second kappa shape index (κ2) is 8.43. The van der Waals surface area contributed by atoms with Crippen molar-refractivity contribution < 1.29 is 14.4 Å². The van der Waals surface area contributed by atoms with Crippen LogP contribution in [-0.2, 0) is 0 Å². The second-order valence-electron chi connectivity index (χ2n) is 8.04. The summed E-state index contributed by atoms with van der Waals surface area (Å²) in [6.07, 6.45) is 0. The van der Waals surface area contributed by atoms with Gasteiger partial charge in [0.15, 0.2) is 0 Å². The molecule has 1 amide bonds. The van der Waals surface area contributed by atoms with Crippen LogP contribution >= 0.6 is 0 Å². The van der Waals surface area contributed by atoms with Crippen molar-refractivity contribution in [1.82, 2.24) is 19.9 Å². The largest absolute Gasteiger partial charge is 0.507 e. The monoisotopic (exact) mass is 428 g/mol. The van der Waals surface area contributed by atoms with Crippen molar-refractivity contribution in [2.45, 2.75) is 13.0 Å². The van der Waals surface area contributed by atoms with Gasteiger partial charge in [-0.1, -0.05) is 59.8 Å². The van der Waals surface area contributed by atoms with E-state index in [-0.39, 0.29) is 17.7 Å². The summed E-state index contributed by atoms with van der Waals surface area (Å²) in [6, 6.07) is 20.8. The Hall–Kier alpha value is -3.71. The molecule has 4 aromatic rings. The van der Waals surface area contributed by atoms with Crippen LogP contribution in [0.1, 0.15) is 29.2 Å². The number of phenolic OH excluding ortho intramolecular Hbond substituents is 1. The molecular formula is C25H24N4O3. The molecule has 3 aromatic carbocycles. The summed E-state index contributed by atoms with van der Waals surface area (Å²) >= 11 is 0. The fourth-order valence-electron chi connectivity index (χ4n) is 4.15. The zero-order chi connectivity index (χ0) is 22.1. The average molecular weight is 428 g/mol. The van der Waals surface area contributed by atoms with Gasteiger partial charge < -0.3 is 14.5 Å². The van der Waals surface area contributed by atoms with Crippen molar-refractivity contribution in [2.75, 3.05) is 26.2 Å². The SMILES string of the molecule is CC(c1nc(-c2ccccc2)no1)N1CCN(C(=O)c2cc3ccccc3cc2O)CC1. The van der Waals surface area contributed by atoms with Gasteiger partial charge in [0.05, 0.1) is 11.6 Å². The third-order valence-corrected chi connectivity index (χ3v) is 6.07. The summed E-state index contributed by atoms with van der Waals surface area (Å²) in [7, 11) is 0. The summed E-state index contributed by atoms with van der Waals surface area (Å²) in [4.78, 5) is 21.7. The van der Waals surface area contributed by atoms with Crippen molar-refractivity contribution >= 4 is 16.7 Å². The predicted octanol–water partition coefficient (Wildman–Crippen LogP) is 4.11. The number of piperazine rings is 1. The van der Waals surface area contributed by atoms with Crippen LogP contribution in [0.4, 0.5) is 0 Å². The van der Waals surface area contributed by atoms with E-state index in [0.717, 1.165) is 16.3 Å². The molecule has 1 fully saturated rings. The summed E-state index contributed by atoms with van der Waals surface area (Å²) in [5.41, 5.74) is 1.26. The van der Waals surface area contributed by atoms with Gasteiger partial charge in [-0.2, -0.15) is 4.98 Å². The third kappa shape index (κ3) is 3.83. The number of rotatable bonds is 4. The van der Waals surface area contributed by atoms with Gasteiger partial charge in [-0.05, 0) is 29.8 Å². The number of phenols is 1. The molecular weight excluding hydrogens is 404 g/mol. The molecule has 0 spiro atoms. The molecule has 0 radical (unpaired) electrons. The van der Waals surface area contributed by atoms with Crippen LogP contribution < -0.4 is 0 Å². The average Bonchev–Trinajstić information content (AvgIpc) is 3.34. The molecule has 0 aliphatic carbocycles. The van der Waals surface area contributed by atoms with Gasteiger partial charge in [0.25, 0.3) is 5.91 Å². The van der Waals surface area contributed by atoms with E-state index < -0.39 is 0 Å². The lowest BCUT2D eigenvalue weighted by molar-refractivity contribution is 0.0549. The van der Waals surface area contributed by atoms with E-state index in [1.165, 1.54) is 0 Å². The highest BCUT2D eigenvalue weighted by Crippen LogP contribution is 2.28. The Morgan fingerprint density at radius 3 is 2.34 bits per heavy atom. The van der Waals surface area contributed by atoms with Crippen molar-refractivity contribution in [3.05, 3.63) is 78.2 Å². The zero-order valence-corrected chi connectivity index (χ0v) is 17.8. The highest BCUT2D eigenvalue weighted by Gasteiger charge is 2.29. The van der Waals surface area contributed by atoms with Gasteiger partial charge >= 0.3 is 0 Å². The third-order valence-electron chi connectivity index (χ3n) is 6.07. The molecule has 7 heteroatoms. The molecule has 1 atom stereocenters. The smallest absolute Gasteiger partial charge is 0.257 e. The number of nitrogens with zero attached hydrogens (tertiary/aromatic N) is 4. The second-order valence-corrected chi connectivity index (χ2v) is 8.04. The number of carbonyl (C=O) groups is 1. The van der Waals surface area contributed by atoms with Crippen LogP contribution in [0.3, 0.4) is 0 Å². The van der Waals surface area contributed by atoms with E-state index in [0.29, 0.717) is 43.5 Å². The van der Waals surface area contributed by atoms with Crippen molar-refractivity contribution in [3.8, 4) is 17.1 Å². The first-order chi connectivity index (χ1) is 15.6. The summed E-state index contributed by atoms with van der Waals surface area (Å²) in [5, 5.41) is 16.4. The number of aromatic nitrogens is 2. The molecule has 2 heterocycles. The van der Waals surface area contributed by atoms with Crippen LogP contribution in [0.15, 0.2) is 71.3 Å². The lowest BCUT2D eigenvalue weighted by Crippen LogP contribution is -2.49. The molecule has 32 heavy (non-hydrogen) atoms. The van der Waals surface area contributed by atoms with Crippen LogP contribution in [0.5, 0.6) is 5.75 Å². The number of hydrogen-bond acceptors (Lipinski definition) is 6. The minimum atomic E-state index is -0.148. The number of hydrogen-bond donors (Lipinski definition) is 1. The van der Waals surface area contributed by atoms with Crippen LogP contribution in [-0.4, -0.2) is 57.1 Å². The van der Waals surface area contributed by atoms with E-state index in [1.807, 2.05) is 61.5 Å². The van der Waals surface area contributed by atoms with Crippen molar-refractivity contribution in [1.29, 1.82) is 0 Å². The van der Waals surface area contributed by atoms with E-state index in [2.05, 4.69) is 15.0 Å². The Morgan fingerprint density at radius 2 is 1.62 bits per heavy atom. The maximum absolute atomic E-state index is 13.1. The molecule has 162 valence electrons. The molecule has 1 aliphatic rings. The van der Waals surface area contributed by atoms with Gasteiger partial charge in [-0.3, -0.25) is 9.69 Å². The first-order valence-electron chi connectivity index (χ1n) is 10.7. The van der Waals surface area contributed by atoms with Crippen LogP contribution in [0, 0.1) is 0 Å². The minimum Gasteiger partial charge on any atom is -0.507 e. The summed E-state index contributed by atoms with van der Waals surface area (Å²) in [5.74, 6) is 1.01. The molecule has 1 aliphatic heterocycles. The molecule has 7 nitrogen and oxygen atoms in total. The molecule has 1 unspecified atom stereocenters. The fourth-order valence-corrected chi connectivity index (χ4v) is 4.15. The Balaban J connectivity index is 1.26. The van der Waals surface area contributed by atoms with E-state index in [1.54, 1.807) is 17.0 Å². The lowest BCUT2D eigenvalue weighted by atomic mass is 10.0. The molecule has 0 saturated carbocycles. The number of fused-ring (bicyclic) bond motifs is 1. The predicted molar refractivity (Wildman–Crippen MR) is 121 cm³/mol. The number of carbonyl (C=O) groups excluding carboxylic acids is 1. The molecule has 1 aromatic heterocycles. The lowest BCUT2D eigenvalue weighted by Gasteiger charge is -2.36. The van der Waals surface area contributed by atoms with Crippen molar-refractivity contribution in [2.24, 2.45) is 0 Å². The van der Waals surface area contributed by atoms with E-state index in [9.17, 15) is 9.90 Å². The van der Waals surface area contributed by atoms with E-state index >= 15 is 0 Å². The zero-order valence-electron chi connectivity index (χ0n) is 17.8. The van der Waals surface area contributed by atoms with Gasteiger partial charge in [-0.25, -0.2) is 0 Å². The maximum atomic E-state index is 13.1. The standard InChI is InChI=1S/C25H24N4O3/c1-17(24-26-23(27-32-24)18-7-3-2-4-8-18)28-11-13-29(14-12-28)25(31)21-15-19-9-5-6-10-20(19)16-22(21)30/h2-10,15-17,30H,11-14H2,1H3. The maximum Gasteiger partial charge on any atom is 0.257 e. The highest BCUT2D eigenvalue weighted by atomic mass is 16.5. The molecule has 0 bridgehead atoms. The Bertz CT molecular complexity index is 1250. The van der Waals surface area contributed by atoms with E-state index in [4.69, 9.17) is 4.52 Å². The fraction of sp³-hybridized carbons (Fsp3) is 0.240. The Morgan fingerprint density at radius 1 is 0.969 bits per heavy atom. The first-order valence-corrected chi connectivity index (χ1v) is 10.7. The van der Waals surface area contributed by atoms with Gasteiger partial charge in [0.2, 0.25) is 11.7 Å². The van der Waals surface area contributed by atoms with Crippen LogP contribution in [0.25, 0.3) is 22.2 Å². The highest BCUT2D eigenvalue weighted by molar-refractivity contribution is 6.01. The topological polar surface area (TPSA) is 82.7 Å². The van der Waals surface area contributed by atoms with Crippen molar-refractivity contribution in [3.63, 3.8) is 0 Å². The van der Waals surface area contributed by atoms with Gasteiger partial charge in [0.1, 0.15) is 5.75 Å². The molecule has 1 N–H and O–H groups in total.